The first-order valence-corrected chi connectivity index (χ1v) is 9.70. The molecule has 0 saturated carbocycles. The number of hydrogen-bond donors (Lipinski definition) is 1. The Labute approximate surface area is 176 Å². The smallest absolute Gasteiger partial charge is 0.316 e. The zero-order chi connectivity index (χ0) is 21.4. The van der Waals surface area contributed by atoms with E-state index in [2.05, 4.69) is 15.1 Å². The number of rotatable bonds is 5. The number of aromatic amines is 1. The monoisotopic (exact) mass is 426 g/mol. The molecule has 0 saturated heterocycles. The number of methoxy groups -OCH3 is 1. The van der Waals surface area contributed by atoms with Crippen LogP contribution in [0, 0.1) is 5.92 Å². The van der Waals surface area contributed by atoms with E-state index in [0.29, 0.717) is 45.3 Å². The Balaban J connectivity index is 1.79. The van der Waals surface area contributed by atoms with Crippen molar-refractivity contribution >= 4 is 22.6 Å². The van der Waals surface area contributed by atoms with E-state index >= 15 is 0 Å². The largest absolute Gasteiger partial charge is 0.496 e. The molecule has 2 heterocycles. The highest BCUT2D eigenvalue weighted by molar-refractivity contribution is 6.30. The zero-order valence-corrected chi connectivity index (χ0v) is 17.4. The highest BCUT2D eigenvalue weighted by atomic mass is 35.5. The normalized spacial score (nSPS) is 11.4. The van der Waals surface area contributed by atoms with Gasteiger partial charge in [0.15, 0.2) is 0 Å². The van der Waals surface area contributed by atoms with E-state index in [1.807, 2.05) is 13.8 Å². The average Bonchev–Trinajstić information content (AvgIpc) is 3.20. The van der Waals surface area contributed by atoms with Crippen LogP contribution in [0.2, 0.25) is 5.02 Å². The molecule has 154 valence electrons. The van der Waals surface area contributed by atoms with E-state index in [9.17, 15) is 9.59 Å². The SMILES string of the molecule is COc1cc(Cl)ccc1-c1nc(-c2ccc3c(c2)[nH]c(=O)c(=O)n3CC(C)C)no1. The van der Waals surface area contributed by atoms with Gasteiger partial charge in [-0.15, -0.1) is 0 Å². The zero-order valence-electron chi connectivity index (χ0n) is 16.6. The third kappa shape index (κ3) is 3.61. The number of fused-ring (bicyclic) bond motifs is 1. The molecule has 4 rings (SSSR count). The molecule has 9 heteroatoms. The predicted molar refractivity (Wildman–Crippen MR) is 114 cm³/mol. The lowest BCUT2D eigenvalue weighted by Crippen LogP contribution is -2.37. The Morgan fingerprint density at radius 2 is 2.00 bits per heavy atom. The molecule has 0 spiro atoms. The van der Waals surface area contributed by atoms with Crippen LogP contribution < -0.4 is 15.9 Å². The van der Waals surface area contributed by atoms with Gasteiger partial charge in [-0.1, -0.05) is 30.6 Å². The molecule has 0 bridgehead atoms. The Hall–Kier alpha value is -3.39. The highest BCUT2D eigenvalue weighted by Crippen LogP contribution is 2.32. The summed E-state index contributed by atoms with van der Waals surface area (Å²) in [5.74, 6) is 1.34. The lowest BCUT2D eigenvalue weighted by molar-refractivity contribution is 0.405. The van der Waals surface area contributed by atoms with Gasteiger partial charge in [0.2, 0.25) is 5.82 Å². The molecule has 0 aliphatic rings. The number of ether oxygens (including phenoxy) is 1. The van der Waals surface area contributed by atoms with Crippen LogP contribution in [0.4, 0.5) is 0 Å². The summed E-state index contributed by atoms with van der Waals surface area (Å²) in [5, 5.41) is 4.57. The molecule has 8 nitrogen and oxygen atoms in total. The van der Waals surface area contributed by atoms with Crippen molar-refractivity contribution in [1.82, 2.24) is 19.7 Å². The fourth-order valence-corrected chi connectivity index (χ4v) is 3.42. The van der Waals surface area contributed by atoms with E-state index in [1.165, 1.54) is 11.7 Å². The third-order valence-electron chi connectivity index (χ3n) is 4.60. The fraction of sp³-hybridized carbons (Fsp3) is 0.238. The summed E-state index contributed by atoms with van der Waals surface area (Å²) in [6, 6.07) is 10.4. The molecular formula is C21H19ClN4O4. The molecule has 30 heavy (non-hydrogen) atoms. The van der Waals surface area contributed by atoms with Crippen molar-refractivity contribution in [3.63, 3.8) is 0 Å². The number of hydrogen-bond acceptors (Lipinski definition) is 6. The van der Waals surface area contributed by atoms with Crippen molar-refractivity contribution in [3.05, 3.63) is 62.1 Å². The van der Waals surface area contributed by atoms with Gasteiger partial charge < -0.3 is 18.8 Å². The molecule has 2 aromatic heterocycles. The number of aromatic nitrogens is 4. The van der Waals surface area contributed by atoms with Gasteiger partial charge in [-0.2, -0.15) is 4.98 Å². The van der Waals surface area contributed by atoms with Crippen LogP contribution in [0.3, 0.4) is 0 Å². The summed E-state index contributed by atoms with van der Waals surface area (Å²) in [5.41, 5.74) is 1.17. The minimum atomic E-state index is -0.667. The van der Waals surface area contributed by atoms with Crippen LogP contribution in [-0.4, -0.2) is 26.8 Å². The van der Waals surface area contributed by atoms with Gasteiger partial charge in [-0.3, -0.25) is 9.59 Å². The maximum Gasteiger partial charge on any atom is 0.316 e. The van der Waals surface area contributed by atoms with Crippen molar-refractivity contribution < 1.29 is 9.26 Å². The van der Waals surface area contributed by atoms with Crippen molar-refractivity contribution in [2.75, 3.05) is 7.11 Å². The summed E-state index contributed by atoms with van der Waals surface area (Å²) < 4.78 is 12.2. The minimum Gasteiger partial charge on any atom is -0.496 e. The second-order valence-corrected chi connectivity index (χ2v) is 7.70. The number of halogens is 1. The second-order valence-electron chi connectivity index (χ2n) is 7.26. The molecule has 1 N–H and O–H groups in total. The van der Waals surface area contributed by atoms with Gasteiger partial charge >= 0.3 is 11.1 Å². The van der Waals surface area contributed by atoms with Gasteiger partial charge in [0.25, 0.3) is 5.89 Å². The maximum atomic E-state index is 12.3. The lowest BCUT2D eigenvalue weighted by Gasteiger charge is -2.12. The van der Waals surface area contributed by atoms with Crippen LogP contribution >= 0.6 is 11.6 Å². The van der Waals surface area contributed by atoms with Crippen LogP contribution in [-0.2, 0) is 6.54 Å². The molecule has 0 unspecified atom stereocenters. The molecule has 0 radical (unpaired) electrons. The summed E-state index contributed by atoms with van der Waals surface area (Å²) >= 11 is 6.01. The molecule has 2 aromatic carbocycles. The third-order valence-corrected chi connectivity index (χ3v) is 4.84. The van der Waals surface area contributed by atoms with Gasteiger partial charge in [-0.05, 0) is 42.3 Å². The number of H-pyrrole nitrogens is 1. The van der Waals surface area contributed by atoms with Crippen LogP contribution in [0.1, 0.15) is 13.8 Å². The Morgan fingerprint density at radius 1 is 1.20 bits per heavy atom. The standard InChI is InChI=1S/C21H19ClN4O4/c1-11(2)10-26-16-7-4-12(8-15(16)23-19(27)21(26)28)18-24-20(30-25-18)14-6-5-13(22)9-17(14)29-3/h4-9,11H,10H2,1-3H3,(H,23,27). The molecule has 0 aliphatic carbocycles. The van der Waals surface area contributed by atoms with Gasteiger partial charge in [0.05, 0.1) is 23.7 Å². The summed E-state index contributed by atoms with van der Waals surface area (Å²) in [7, 11) is 1.53. The number of nitrogens with zero attached hydrogens (tertiary/aromatic N) is 3. The summed E-state index contributed by atoms with van der Waals surface area (Å²) in [6.07, 6.45) is 0. The molecule has 0 fully saturated rings. The predicted octanol–water partition coefficient (Wildman–Crippen LogP) is 3.72. The molecule has 0 aliphatic heterocycles. The van der Waals surface area contributed by atoms with Gasteiger partial charge in [0.1, 0.15) is 5.75 Å². The molecule has 4 aromatic rings. The Bertz CT molecular complexity index is 1350. The number of benzene rings is 2. The fourth-order valence-electron chi connectivity index (χ4n) is 3.26. The molecule has 0 amide bonds. The van der Waals surface area contributed by atoms with E-state index in [4.69, 9.17) is 20.9 Å². The molecular weight excluding hydrogens is 408 g/mol. The van der Waals surface area contributed by atoms with Crippen molar-refractivity contribution in [3.8, 4) is 28.6 Å². The van der Waals surface area contributed by atoms with Crippen LogP contribution in [0.15, 0.2) is 50.5 Å². The lowest BCUT2D eigenvalue weighted by atomic mass is 10.1. The van der Waals surface area contributed by atoms with E-state index in [1.54, 1.807) is 36.4 Å². The topological polar surface area (TPSA) is 103 Å². The second kappa shape index (κ2) is 7.79. The van der Waals surface area contributed by atoms with Gasteiger partial charge in [0, 0.05) is 17.1 Å². The van der Waals surface area contributed by atoms with Gasteiger partial charge in [-0.25, -0.2) is 0 Å². The van der Waals surface area contributed by atoms with E-state index in [0.717, 1.165) is 0 Å². The average molecular weight is 427 g/mol. The molecule has 0 atom stereocenters. The van der Waals surface area contributed by atoms with Crippen molar-refractivity contribution in [1.29, 1.82) is 0 Å². The van der Waals surface area contributed by atoms with Crippen LogP contribution in [0.5, 0.6) is 5.75 Å². The van der Waals surface area contributed by atoms with Crippen molar-refractivity contribution in [2.45, 2.75) is 20.4 Å². The minimum absolute atomic E-state index is 0.210. The highest BCUT2D eigenvalue weighted by Gasteiger charge is 2.16. The van der Waals surface area contributed by atoms with Crippen LogP contribution in [0.25, 0.3) is 33.9 Å². The van der Waals surface area contributed by atoms with E-state index < -0.39 is 11.1 Å². The summed E-state index contributed by atoms with van der Waals surface area (Å²) in [4.78, 5) is 31.5. The first-order chi connectivity index (χ1) is 14.4. The summed E-state index contributed by atoms with van der Waals surface area (Å²) in [6.45, 7) is 4.42. The Morgan fingerprint density at radius 3 is 2.73 bits per heavy atom. The first kappa shape index (κ1) is 19.9. The first-order valence-electron chi connectivity index (χ1n) is 9.32. The van der Waals surface area contributed by atoms with E-state index in [-0.39, 0.29) is 11.8 Å². The maximum absolute atomic E-state index is 12.3. The number of nitrogens with one attached hydrogen (secondary N) is 1. The quantitative estimate of drug-likeness (QED) is 0.488. The van der Waals surface area contributed by atoms with Crippen molar-refractivity contribution in [2.24, 2.45) is 5.92 Å². The Kier molecular flexibility index (Phi) is 5.17.